The van der Waals surface area contributed by atoms with E-state index in [4.69, 9.17) is 37.0 Å². The summed E-state index contributed by atoms with van der Waals surface area (Å²) in [6.07, 6.45) is 44.5. The molecule has 3 N–H and O–H groups in total. The monoisotopic (exact) mass is 1340 g/mol. The Bertz CT molecular complexity index is 1800. The van der Waals surface area contributed by atoms with Crippen LogP contribution in [0.5, 0.6) is 0 Å². The van der Waals surface area contributed by atoms with Crippen molar-refractivity contribution in [3.05, 3.63) is 0 Å². The number of esters is 4. The minimum Gasteiger partial charge on any atom is -0.462 e. The molecule has 91 heavy (non-hydrogen) atoms. The highest BCUT2D eigenvalue weighted by Crippen LogP contribution is 2.45. The molecule has 0 amide bonds. The van der Waals surface area contributed by atoms with Crippen molar-refractivity contribution >= 4 is 39.5 Å². The van der Waals surface area contributed by atoms with Gasteiger partial charge in [-0.15, -0.1) is 0 Å². The van der Waals surface area contributed by atoms with Gasteiger partial charge in [-0.3, -0.25) is 37.3 Å². The van der Waals surface area contributed by atoms with Gasteiger partial charge in [0.25, 0.3) is 0 Å². The summed E-state index contributed by atoms with van der Waals surface area (Å²) in [7, 11) is -9.91. The zero-order valence-corrected chi connectivity index (χ0v) is 61.3. The van der Waals surface area contributed by atoms with Gasteiger partial charge in [-0.25, -0.2) is 9.13 Å². The van der Waals surface area contributed by atoms with Crippen LogP contribution in [0.2, 0.25) is 0 Å². The first kappa shape index (κ1) is 89.1. The molecule has 0 saturated heterocycles. The lowest BCUT2D eigenvalue weighted by molar-refractivity contribution is -0.161. The number of hydrogen-bond acceptors (Lipinski definition) is 15. The molecule has 0 aliphatic heterocycles. The van der Waals surface area contributed by atoms with E-state index in [1.807, 2.05) is 0 Å². The fourth-order valence-electron chi connectivity index (χ4n) is 10.8. The molecule has 540 valence electrons. The van der Waals surface area contributed by atoms with Crippen molar-refractivity contribution in [3.63, 3.8) is 0 Å². The summed E-state index contributed by atoms with van der Waals surface area (Å²) in [6, 6.07) is 0. The highest BCUT2D eigenvalue weighted by molar-refractivity contribution is 7.47. The Kier molecular flexibility index (Phi) is 60.3. The molecule has 0 aromatic carbocycles. The Morgan fingerprint density at radius 2 is 0.527 bits per heavy atom. The molecule has 17 nitrogen and oxygen atoms in total. The molecular weight excluding hydrogens is 1200 g/mol. The Labute approximate surface area is 556 Å². The van der Waals surface area contributed by atoms with Crippen LogP contribution in [0.15, 0.2) is 0 Å². The zero-order valence-electron chi connectivity index (χ0n) is 59.5. The SMILES string of the molecule is CCC(C)CCCCCCCCCCCCC(=O)O[C@H](COC(=O)CCCCCCCCCCCC(C)C)COP(=O)(O)OC[C@@H](O)COP(=O)(O)OC[C@@H](COC(=O)CCCCCCCCC(C)C)OC(=O)CCCCCCCCCCCCCCCC(C)C. The Morgan fingerprint density at radius 1 is 0.308 bits per heavy atom. The molecule has 0 saturated carbocycles. The van der Waals surface area contributed by atoms with Gasteiger partial charge in [0.1, 0.15) is 19.3 Å². The first-order valence-electron chi connectivity index (χ1n) is 37.2. The largest absolute Gasteiger partial charge is 0.472 e. The number of phosphoric acid groups is 2. The maximum absolute atomic E-state index is 13.0. The Balaban J connectivity index is 5.24. The van der Waals surface area contributed by atoms with Crippen LogP contribution < -0.4 is 0 Å². The van der Waals surface area contributed by atoms with Gasteiger partial charge in [0.2, 0.25) is 0 Å². The van der Waals surface area contributed by atoms with Gasteiger partial charge in [0.05, 0.1) is 26.4 Å². The van der Waals surface area contributed by atoms with Gasteiger partial charge in [-0.2, -0.15) is 0 Å². The summed E-state index contributed by atoms with van der Waals surface area (Å²) in [4.78, 5) is 72.6. The predicted octanol–water partition coefficient (Wildman–Crippen LogP) is 20.5. The van der Waals surface area contributed by atoms with Crippen LogP contribution in [-0.4, -0.2) is 96.7 Å². The van der Waals surface area contributed by atoms with E-state index in [1.54, 1.807) is 0 Å². The summed E-state index contributed by atoms with van der Waals surface area (Å²) in [6.45, 7) is 14.1. The molecule has 19 heteroatoms. The molecule has 0 heterocycles. The van der Waals surface area contributed by atoms with Gasteiger partial charge in [-0.05, 0) is 49.4 Å². The topological polar surface area (TPSA) is 237 Å². The number of carbonyl (C=O) groups excluding carboxylic acids is 4. The number of hydrogen-bond donors (Lipinski definition) is 3. The lowest BCUT2D eigenvalue weighted by Gasteiger charge is -2.21. The zero-order chi connectivity index (χ0) is 67.5. The lowest BCUT2D eigenvalue weighted by atomic mass is 9.99. The molecule has 0 aliphatic rings. The predicted molar refractivity (Wildman–Crippen MR) is 367 cm³/mol. The third-order valence-electron chi connectivity index (χ3n) is 16.9. The minimum atomic E-state index is -4.95. The van der Waals surface area contributed by atoms with Crippen molar-refractivity contribution in [2.75, 3.05) is 39.6 Å². The summed E-state index contributed by atoms with van der Waals surface area (Å²) < 4.78 is 68.3. The molecule has 0 aliphatic carbocycles. The molecule has 0 rings (SSSR count). The van der Waals surface area contributed by atoms with E-state index in [1.165, 1.54) is 154 Å². The molecule has 6 atom stereocenters. The average Bonchev–Trinajstić information content (AvgIpc) is 2.11. The summed E-state index contributed by atoms with van der Waals surface area (Å²) >= 11 is 0. The fraction of sp³-hybridized carbons (Fsp3) is 0.944. The number of aliphatic hydroxyl groups excluding tert-OH is 1. The van der Waals surface area contributed by atoms with Crippen LogP contribution in [0.4, 0.5) is 0 Å². The van der Waals surface area contributed by atoms with Crippen LogP contribution >= 0.6 is 15.6 Å². The highest BCUT2D eigenvalue weighted by atomic mass is 31.2. The third-order valence-corrected chi connectivity index (χ3v) is 18.8. The van der Waals surface area contributed by atoms with Crippen LogP contribution in [0.25, 0.3) is 0 Å². The maximum Gasteiger partial charge on any atom is 0.472 e. The molecule has 0 spiro atoms. The van der Waals surface area contributed by atoms with Crippen LogP contribution in [0, 0.1) is 23.7 Å². The number of rotatable bonds is 69. The van der Waals surface area contributed by atoms with Crippen molar-refractivity contribution in [1.82, 2.24) is 0 Å². The number of ether oxygens (including phenoxy) is 4. The second kappa shape index (κ2) is 61.6. The second-order valence-electron chi connectivity index (χ2n) is 27.6. The minimum absolute atomic E-state index is 0.105. The first-order valence-corrected chi connectivity index (χ1v) is 40.2. The average molecular weight is 1340 g/mol. The van der Waals surface area contributed by atoms with Crippen LogP contribution in [0.1, 0.15) is 357 Å². The van der Waals surface area contributed by atoms with Gasteiger partial charge in [-0.1, -0.05) is 306 Å². The molecule has 3 unspecified atom stereocenters. The Hall–Kier alpha value is -1.94. The second-order valence-corrected chi connectivity index (χ2v) is 30.6. The van der Waals surface area contributed by atoms with Crippen LogP contribution in [0.3, 0.4) is 0 Å². The Morgan fingerprint density at radius 3 is 0.780 bits per heavy atom. The van der Waals surface area contributed by atoms with E-state index in [-0.39, 0.29) is 25.7 Å². The number of phosphoric ester groups is 2. The maximum atomic E-state index is 13.0. The summed E-state index contributed by atoms with van der Waals surface area (Å²) in [5, 5.41) is 10.6. The van der Waals surface area contributed by atoms with Gasteiger partial charge >= 0.3 is 39.5 Å². The normalized spacial score (nSPS) is 14.5. The molecule has 0 aromatic rings. The van der Waals surface area contributed by atoms with E-state index in [0.717, 1.165) is 114 Å². The van der Waals surface area contributed by atoms with Crippen molar-refractivity contribution < 1.29 is 80.2 Å². The standard InChI is InChI=1S/C72H140O17P2/c1-9-65(8)51-43-35-26-20-15-16-22-29-39-47-55-72(77)88-67(58-82-69(74)52-44-36-27-23-17-19-25-33-41-49-63(4)5)60-86-90(78,79)84-56-66(73)57-85-91(80,81)87-61-68(59-83-70(75)53-45-37-31-30-34-42-50-64(6)7)89-71(76)54-46-38-28-21-14-12-10-11-13-18-24-32-40-48-62(2)3/h62-68,73H,9-61H2,1-8H3,(H,78,79)(H,80,81)/t65?,66-,67-,68-/m1/s1. The third kappa shape index (κ3) is 65.1. The molecule has 0 bridgehead atoms. The smallest absolute Gasteiger partial charge is 0.462 e. The summed E-state index contributed by atoms with van der Waals surface area (Å²) in [5.74, 6) is 0.885. The van der Waals surface area contributed by atoms with Crippen molar-refractivity contribution in [1.29, 1.82) is 0 Å². The molecule has 0 aromatic heterocycles. The number of unbranched alkanes of at least 4 members (excludes halogenated alkanes) is 34. The molecule has 0 radical (unpaired) electrons. The van der Waals surface area contributed by atoms with E-state index in [0.29, 0.717) is 31.6 Å². The van der Waals surface area contributed by atoms with Crippen LogP contribution in [-0.2, 0) is 65.4 Å². The lowest BCUT2D eigenvalue weighted by Crippen LogP contribution is -2.30. The van der Waals surface area contributed by atoms with Gasteiger partial charge in [0, 0.05) is 25.7 Å². The number of aliphatic hydroxyl groups is 1. The van der Waals surface area contributed by atoms with Crippen molar-refractivity contribution in [3.8, 4) is 0 Å². The first-order chi connectivity index (χ1) is 43.6. The van der Waals surface area contributed by atoms with Crippen molar-refractivity contribution in [2.45, 2.75) is 375 Å². The molecule has 0 fully saturated rings. The van der Waals surface area contributed by atoms with E-state index in [2.05, 4.69) is 55.4 Å². The van der Waals surface area contributed by atoms with E-state index < -0.39 is 97.5 Å². The summed E-state index contributed by atoms with van der Waals surface area (Å²) in [5.41, 5.74) is 0. The number of carbonyl (C=O) groups is 4. The quantitative estimate of drug-likeness (QED) is 0.0222. The van der Waals surface area contributed by atoms with E-state index >= 15 is 0 Å². The molecular formula is C72H140O17P2. The fourth-order valence-corrected chi connectivity index (χ4v) is 12.4. The van der Waals surface area contributed by atoms with Gasteiger partial charge in [0.15, 0.2) is 12.2 Å². The van der Waals surface area contributed by atoms with Crippen molar-refractivity contribution in [2.24, 2.45) is 23.7 Å². The van der Waals surface area contributed by atoms with E-state index in [9.17, 15) is 43.2 Å². The highest BCUT2D eigenvalue weighted by Gasteiger charge is 2.30. The van der Waals surface area contributed by atoms with Gasteiger partial charge < -0.3 is 33.8 Å².